The molecule has 1 aliphatic carbocycles. The van der Waals surface area contributed by atoms with E-state index in [2.05, 4.69) is 10.2 Å². The summed E-state index contributed by atoms with van der Waals surface area (Å²) < 4.78 is 33.3. The summed E-state index contributed by atoms with van der Waals surface area (Å²) in [6.07, 6.45) is 7.63. The van der Waals surface area contributed by atoms with E-state index in [1.807, 2.05) is 6.07 Å². The van der Waals surface area contributed by atoms with Crippen LogP contribution in [0.5, 0.6) is 0 Å². The molecule has 1 saturated carbocycles. The van der Waals surface area contributed by atoms with Crippen LogP contribution in [0.1, 0.15) is 68.6 Å². The Kier molecular flexibility index (Phi) is 5.09. The standard InChI is InChI=1S/C19H25N3O3S/c23-26(24,17-11-5-2-6-12-17)22-13-7-10-16(14-22)19-21-20-18(25-19)15-8-3-1-4-9-15/h2,5-6,11-12,15-16H,1,3-4,7-10,13-14H2. The van der Waals surface area contributed by atoms with Crippen molar-refractivity contribution in [1.82, 2.24) is 14.5 Å². The van der Waals surface area contributed by atoms with Crippen molar-refractivity contribution >= 4 is 10.0 Å². The van der Waals surface area contributed by atoms with E-state index in [1.165, 1.54) is 19.3 Å². The van der Waals surface area contributed by atoms with Crippen molar-refractivity contribution in [3.63, 3.8) is 0 Å². The van der Waals surface area contributed by atoms with Crippen molar-refractivity contribution in [1.29, 1.82) is 0 Å². The minimum atomic E-state index is -3.47. The second-order valence-electron chi connectivity index (χ2n) is 7.33. The normalized spacial score (nSPS) is 23.2. The van der Waals surface area contributed by atoms with Gasteiger partial charge in [-0.15, -0.1) is 10.2 Å². The van der Waals surface area contributed by atoms with Gasteiger partial charge in [0, 0.05) is 19.0 Å². The topological polar surface area (TPSA) is 76.3 Å². The maximum absolute atomic E-state index is 12.9. The van der Waals surface area contributed by atoms with Gasteiger partial charge in [0.05, 0.1) is 10.8 Å². The molecule has 1 aliphatic heterocycles. The Morgan fingerprint density at radius 1 is 0.885 bits per heavy atom. The zero-order chi connectivity index (χ0) is 18.0. The lowest BCUT2D eigenvalue weighted by Crippen LogP contribution is -2.39. The molecule has 0 amide bonds. The fourth-order valence-corrected chi connectivity index (χ4v) is 5.57. The van der Waals surface area contributed by atoms with Gasteiger partial charge in [-0.1, -0.05) is 37.5 Å². The second kappa shape index (κ2) is 7.48. The highest BCUT2D eigenvalue weighted by Gasteiger charge is 2.33. The largest absolute Gasteiger partial charge is 0.425 e. The Morgan fingerprint density at radius 2 is 1.54 bits per heavy atom. The third-order valence-electron chi connectivity index (χ3n) is 5.53. The monoisotopic (exact) mass is 375 g/mol. The zero-order valence-electron chi connectivity index (χ0n) is 14.9. The summed E-state index contributed by atoms with van der Waals surface area (Å²) in [6.45, 7) is 0.945. The molecule has 140 valence electrons. The highest BCUT2D eigenvalue weighted by atomic mass is 32.2. The molecule has 2 aliphatic rings. The Labute approximate surface area is 154 Å². The molecule has 0 N–H and O–H groups in total. The lowest BCUT2D eigenvalue weighted by atomic mass is 9.89. The molecule has 0 radical (unpaired) electrons. The lowest BCUT2D eigenvalue weighted by Gasteiger charge is -2.30. The summed E-state index contributed by atoms with van der Waals surface area (Å²) in [7, 11) is -3.47. The quantitative estimate of drug-likeness (QED) is 0.815. The first kappa shape index (κ1) is 17.7. The summed E-state index contributed by atoms with van der Waals surface area (Å²) in [5, 5.41) is 8.54. The molecule has 1 aromatic heterocycles. The molecular weight excluding hydrogens is 350 g/mol. The van der Waals surface area contributed by atoms with Crippen molar-refractivity contribution < 1.29 is 12.8 Å². The van der Waals surface area contributed by atoms with Gasteiger partial charge in [-0.3, -0.25) is 0 Å². The fraction of sp³-hybridized carbons (Fsp3) is 0.579. The predicted molar refractivity (Wildman–Crippen MR) is 97.3 cm³/mol. The van der Waals surface area contributed by atoms with E-state index in [1.54, 1.807) is 28.6 Å². The molecule has 4 rings (SSSR count). The second-order valence-corrected chi connectivity index (χ2v) is 9.27. The van der Waals surface area contributed by atoms with Gasteiger partial charge in [0.25, 0.3) is 0 Å². The van der Waals surface area contributed by atoms with Crippen LogP contribution in [0.25, 0.3) is 0 Å². The van der Waals surface area contributed by atoms with Gasteiger partial charge in [-0.25, -0.2) is 8.42 Å². The van der Waals surface area contributed by atoms with E-state index in [4.69, 9.17) is 4.42 Å². The number of rotatable bonds is 4. The van der Waals surface area contributed by atoms with E-state index < -0.39 is 10.0 Å². The fourth-order valence-electron chi connectivity index (χ4n) is 4.03. The maximum atomic E-state index is 12.9. The molecular formula is C19H25N3O3S. The van der Waals surface area contributed by atoms with Gasteiger partial charge < -0.3 is 4.42 Å². The number of piperidine rings is 1. The average molecular weight is 375 g/mol. The van der Waals surface area contributed by atoms with Crippen LogP contribution < -0.4 is 0 Å². The van der Waals surface area contributed by atoms with E-state index in [-0.39, 0.29) is 5.92 Å². The molecule has 26 heavy (non-hydrogen) atoms. The van der Waals surface area contributed by atoms with Crippen LogP contribution in [-0.4, -0.2) is 36.0 Å². The summed E-state index contributed by atoms with van der Waals surface area (Å²) in [4.78, 5) is 0.342. The third-order valence-corrected chi connectivity index (χ3v) is 7.40. The third kappa shape index (κ3) is 3.55. The number of hydrogen-bond donors (Lipinski definition) is 0. The van der Waals surface area contributed by atoms with Gasteiger partial charge in [-0.2, -0.15) is 4.31 Å². The number of sulfonamides is 1. The van der Waals surface area contributed by atoms with Crippen molar-refractivity contribution in [2.24, 2.45) is 0 Å². The summed E-state index contributed by atoms with van der Waals surface area (Å²) in [5.74, 6) is 1.69. The molecule has 6 nitrogen and oxygen atoms in total. The Hall–Kier alpha value is -1.73. The maximum Gasteiger partial charge on any atom is 0.243 e. The summed E-state index contributed by atoms with van der Waals surface area (Å²) in [6, 6.07) is 8.62. The van der Waals surface area contributed by atoms with E-state index >= 15 is 0 Å². The first-order valence-electron chi connectivity index (χ1n) is 9.53. The minimum absolute atomic E-state index is 0.0212. The van der Waals surface area contributed by atoms with Gasteiger partial charge >= 0.3 is 0 Å². The van der Waals surface area contributed by atoms with Crippen LogP contribution in [-0.2, 0) is 10.0 Å². The van der Waals surface area contributed by atoms with E-state index in [0.717, 1.165) is 31.6 Å². The van der Waals surface area contributed by atoms with Gasteiger partial charge in [0.15, 0.2) is 0 Å². The highest BCUT2D eigenvalue weighted by Crippen LogP contribution is 2.34. The first-order valence-corrected chi connectivity index (χ1v) is 11.0. The Morgan fingerprint density at radius 3 is 2.27 bits per heavy atom. The predicted octanol–water partition coefficient (Wildman–Crippen LogP) is 3.69. The number of benzene rings is 1. The molecule has 1 aromatic carbocycles. The van der Waals surface area contributed by atoms with Crippen LogP contribution in [0.4, 0.5) is 0 Å². The smallest absolute Gasteiger partial charge is 0.243 e. The van der Waals surface area contributed by atoms with Crippen molar-refractivity contribution in [2.75, 3.05) is 13.1 Å². The number of aromatic nitrogens is 2. The van der Waals surface area contributed by atoms with Gasteiger partial charge in [0.1, 0.15) is 0 Å². The van der Waals surface area contributed by atoms with Crippen LogP contribution in [0.2, 0.25) is 0 Å². The summed E-state index contributed by atoms with van der Waals surface area (Å²) in [5.41, 5.74) is 0. The molecule has 0 spiro atoms. The highest BCUT2D eigenvalue weighted by molar-refractivity contribution is 7.89. The molecule has 7 heteroatoms. The molecule has 2 heterocycles. The van der Waals surface area contributed by atoms with Gasteiger partial charge in [-0.05, 0) is 37.8 Å². The Bertz CT molecular complexity index is 829. The molecule has 0 bridgehead atoms. The minimum Gasteiger partial charge on any atom is -0.425 e. The lowest BCUT2D eigenvalue weighted by molar-refractivity contribution is 0.273. The van der Waals surface area contributed by atoms with Crippen LogP contribution in [0, 0.1) is 0 Å². The van der Waals surface area contributed by atoms with Gasteiger partial charge in [0.2, 0.25) is 21.8 Å². The van der Waals surface area contributed by atoms with Crippen LogP contribution in [0.15, 0.2) is 39.6 Å². The Balaban J connectivity index is 1.49. The van der Waals surface area contributed by atoms with E-state index in [0.29, 0.717) is 29.8 Å². The van der Waals surface area contributed by atoms with E-state index in [9.17, 15) is 8.42 Å². The molecule has 1 saturated heterocycles. The zero-order valence-corrected chi connectivity index (χ0v) is 15.7. The molecule has 2 fully saturated rings. The van der Waals surface area contributed by atoms with Crippen LogP contribution in [0.3, 0.4) is 0 Å². The average Bonchev–Trinajstić information content (AvgIpc) is 3.20. The van der Waals surface area contributed by atoms with Crippen LogP contribution >= 0.6 is 0 Å². The molecule has 2 aromatic rings. The number of hydrogen-bond acceptors (Lipinski definition) is 5. The molecule has 1 atom stereocenters. The summed E-state index contributed by atoms with van der Waals surface area (Å²) >= 11 is 0. The van der Waals surface area contributed by atoms with Crippen molar-refractivity contribution in [3.05, 3.63) is 42.1 Å². The number of nitrogens with zero attached hydrogens (tertiary/aromatic N) is 3. The molecule has 1 unspecified atom stereocenters. The SMILES string of the molecule is O=S(=O)(c1ccccc1)N1CCCC(c2nnc(C3CCCCC3)o2)C1. The first-order chi connectivity index (χ1) is 12.6. The van der Waals surface area contributed by atoms with Crippen molar-refractivity contribution in [2.45, 2.75) is 61.7 Å². The van der Waals surface area contributed by atoms with Crippen molar-refractivity contribution in [3.8, 4) is 0 Å².